The van der Waals surface area contributed by atoms with E-state index >= 15 is 0 Å². The first-order valence-corrected chi connectivity index (χ1v) is 6.57. The Morgan fingerprint density at radius 3 is 2.67 bits per heavy atom. The molecule has 1 aromatic heterocycles. The minimum atomic E-state index is 0.349. The summed E-state index contributed by atoms with van der Waals surface area (Å²) in [7, 11) is 0. The van der Waals surface area contributed by atoms with Crippen LogP contribution in [0.3, 0.4) is 0 Å². The second-order valence-corrected chi connectivity index (χ2v) is 4.61. The summed E-state index contributed by atoms with van der Waals surface area (Å²) < 4.78 is 2.00. The van der Waals surface area contributed by atoms with Crippen molar-refractivity contribution < 1.29 is 0 Å². The summed E-state index contributed by atoms with van der Waals surface area (Å²) in [6, 6.07) is 10.6. The first kappa shape index (κ1) is 12.8. The summed E-state index contributed by atoms with van der Waals surface area (Å²) in [4.78, 5) is 0. The van der Waals surface area contributed by atoms with E-state index in [0.29, 0.717) is 6.04 Å². The highest BCUT2D eigenvalue weighted by atomic mass is 15.3. The number of aromatic nitrogens is 2. The van der Waals surface area contributed by atoms with Gasteiger partial charge >= 0.3 is 0 Å². The van der Waals surface area contributed by atoms with E-state index in [1.54, 1.807) is 0 Å². The van der Waals surface area contributed by atoms with Gasteiger partial charge in [0.15, 0.2) is 0 Å². The van der Waals surface area contributed by atoms with E-state index in [-0.39, 0.29) is 0 Å². The van der Waals surface area contributed by atoms with Crippen LogP contribution >= 0.6 is 0 Å². The van der Waals surface area contributed by atoms with Crippen molar-refractivity contribution in [3.8, 4) is 5.69 Å². The van der Waals surface area contributed by atoms with Gasteiger partial charge in [-0.2, -0.15) is 5.10 Å². The maximum atomic E-state index is 4.49. The number of rotatable bonds is 5. The van der Waals surface area contributed by atoms with Crippen LogP contribution in [-0.4, -0.2) is 16.3 Å². The fourth-order valence-electron chi connectivity index (χ4n) is 2.15. The lowest BCUT2D eigenvalue weighted by molar-refractivity contribution is 0.568. The molecule has 3 nitrogen and oxygen atoms in total. The SMILES string of the molecule is CCCNC(C)c1cnn(-c2ccccc2)c1C. The van der Waals surface area contributed by atoms with E-state index in [2.05, 4.69) is 43.3 Å². The first-order chi connectivity index (χ1) is 8.74. The normalized spacial score (nSPS) is 12.6. The van der Waals surface area contributed by atoms with E-state index in [1.165, 1.54) is 11.3 Å². The number of hydrogen-bond acceptors (Lipinski definition) is 2. The van der Waals surface area contributed by atoms with Gasteiger partial charge in [-0.3, -0.25) is 0 Å². The quantitative estimate of drug-likeness (QED) is 0.873. The maximum Gasteiger partial charge on any atom is 0.0648 e. The van der Waals surface area contributed by atoms with Gasteiger partial charge in [-0.05, 0) is 38.9 Å². The van der Waals surface area contributed by atoms with Crippen molar-refractivity contribution in [2.45, 2.75) is 33.2 Å². The molecular formula is C15H21N3. The highest BCUT2D eigenvalue weighted by Gasteiger charge is 2.13. The van der Waals surface area contributed by atoms with Crippen LogP contribution in [0, 0.1) is 6.92 Å². The second kappa shape index (κ2) is 5.83. The van der Waals surface area contributed by atoms with Gasteiger partial charge in [0.1, 0.15) is 0 Å². The van der Waals surface area contributed by atoms with Crippen LogP contribution in [0.1, 0.15) is 37.6 Å². The summed E-state index contributed by atoms with van der Waals surface area (Å²) in [5.74, 6) is 0. The molecule has 1 aromatic carbocycles. The van der Waals surface area contributed by atoms with E-state index in [1.807, 2.05) is 29.1 Å². The van der Waals surface area contributed by atoms with Crippen LogP contribution in [0.15, 0.2) is 36.5 Å². The molecule has 0 aliphatic carbocycles. The Bertz CT molecular complexity index is 488. The van der Waals surface area contributed by atoms with Crippen molar-refractivity contribution >= 4 is 0 Å². The third-order valence-electron chi connectivity index (χ3n) is 3.22. The lowest BCUT2D eigenvalue weighted by Gasteiger charge is -2.13. The monoisotopic (exact) mass is 243 g/mol. The number of para-hydroxylation sites is 1. The topological polar surface area (TPSA) is 29.9 Å². The highest BCUT2D eigenvalue weighted by Crippen LogP contribution is 2.19. The summed E-state index contributed by atoms with van der Waals surface area (Å²) in [5, 5.41) is 7.99. The molecule has 3 heteroatoms. The molecule has 0 spiro atoms. The van der Waals surface area contributed by atoms with E-state index in [9.17, 15) is 0 Å². The lowest BCUT2D eigenvalue weighted by atomic mass is 10.1. The Balaban J connectivity index is 2.24. The molecule has 1 atom stereocenters. The largest absolute Gasteiger partial charge is 0.310 e. The average molecular weight is 243 g/mol. The molecule has 0 aliphatic rings. The van der Waals surface area contributed by atoms with Gasteiger partial charge in [0, 0.05) is 17.3 Å². The van der Waals surface area contributed by atoms with Crippen molar-refractivity contribution in [3.05, 3.63) is 47.8 Å². The molecule has 1 unspecified atom stereocenters. The molecule has 2 rings (SSSR count). The van der Waals surface area contributed by atoms with Crippen molar-refractivity contribution in [3.63, 3.8) is 0 Å². The van der Waals surface area contributed by atoms with Gasteiger partial charge in [0.2, 0.25) is 0 Å². The summed E-state index contributed by atoms with van der Waals surface area (Å²) in [6.07, 6.45) is 3.12. The van der Waals surface area contributed by atoms with E-state index in [0.717, 1.165) is 18.7 Å². The van der Waals surface area contributed by atoms with Crippen molar-refractivity contribution in [1.82, 2.24) is 15.1 Å². The molecule has 96 valence electrons. The minimum absolute atomic E-state index is 0.349. The van der Waals surface area contributed by atoms with Gasteiger partial charge in [0.05, 0.1) is 11.9 Å². The number of nitrogens with one attached hydrogen (secondary N) is 1. The fraction of sp³-hybridized carbons (Fsp3) is 0.400. The zero-order valence-corrected chi connectivity index (χ0v) is 11.4. The Kier molecular flexibility index (Phi) is 4.15. The Hall–Kier alpha value is -1.61. The fourth-order valence-corrected chi connectivity index (χ4v) is 2.15. The van der Waals surface area contributed by atoms with Crippen LogP contribution in [-0.2, 0) is 0 Å². The molecule has 0 bridgehead atoms. The molecule has 2 aromatic rings. The van der Waals surface area contributed by atoms with Crippen LogP contribution < -0.4 is 5.32 Å². The molecule has 1 heterocycles. The summed E-state index contributed by atoms with van der Waals surface area (Å²) >= 11 is 0. The number of benzene rings is 1. The molecule has 0 aliphatic heterocycles. The van der Waals surface area contributed by atoms with Crippen LogP contribution in [0.5, 0.6) is 0 Å². The Labute approximate surface area is 109 Å². The third-order valence-corrected chi connectivity index (χ3v) is 3.22. The Morgan fingerprint density at radius 2 is 2.00 bits per heavy atom. The molecular weight excluding hydrogens is 222 g/mol. The molecule has 18 heavy (non-hydrogen) atoms. The van der Waals surface area contributed by atoms with Gasteiger partial charge in [-0.25, -0.2) is 4.68 Å². The van der Waals surface area contributed by atoms with Crippen molar-refractivity contribution in [1.29, 1.82) is 0 Å². The summed E-state index contributed by atoms with van der Waals surface area (Å²) in [6.45, 7) is 7.53. The molecule has 1 N–H and O–H groups in total. The smallest absolute Gasteiger partial charge is 0.0648 e. The second-order valence-electron chi connectivity index (χ2n) is 4.61. The predicted octanol–water partition coefficient (Wildman–Crippen LogP) is 3.24. The standard InChI is InChI=1S/C15H21N3/c1-4-10-16-12(2)15-11-17-18(13(15)3)14-8-6-5-7-9-14/h5-9,11-12,16H,4,10H2,1-3H3. The van der Waals surface area contributed by atoms with Gasteiger partial charge in [-0.15, -0.1) is 0 Å². The highest BCUT2D eigenvalue weighted by molar-refractivity contribution is 5.35. The number of nitrogens with zero attached hydrogens (tertiary/aromatic N) is 2. The molecule has 0 saturated heterocycles. The van der Waals surface area contributed by atoms with Gasteiger partial charge in [0.25, 0.3) is 0 Å². The molecule has 0 saturated carbocycles. The first-order valence-electron chi connectivity index (χ1n) is 6.57. The number of hydrogen-bond donors (Lipinski definition) is 1. The van der Waals surface area contributed by atoms with Gasteiger partial charge < -0.3 is 5.32 Å². The van der Waals surface area contributed by atoms with Crippen molar-refractivity contribution in [2.24, 2.45) is 0 Å². The molecule has 0 fully saturated rings. The maximum absolute atomic E-state index is 4.49. The molecule has 0 radical (unpaired) electrons. The minimum Gasteiger partial charge on any atom is -0.310 e. The average Bonchev–Trinajstić information content (AvgIpc) is 2.79. The summed E-state index contributed by atoms with van der Waals surface area (Å²) in [5.41, 5.74) is 3.59. The molecule has 0 amide bonds. The van der Waals surface area contributed by atoms with Crippen LogP contribution in [0.2, 0.25) is 0 Å². The van der Waals surface area contributed by atoms with Crippen LogP contribution in [0.25, 0.3) is 5.69 Å². The third kappa shape index (κ3) is 2.62. The lowest BCUT2D eigenvalue weighted by Crippen LogP contribution is -2.19. The Morgan fingerprint density at radius 1 is 1.28 bits per heavy atom. The van der Waals surface area contributed by atoms with Crippen molar-refractivity contribution in [2.75, 3.05) is 6.54 Å². The zero-order chi connectivity index (χ0) is 13.0. The zero-order valence-electron chi connectivity index (χ0n) is 11.4. The van der Waals surface area contributed by atoms with E-state index < -0.39 is 0 Å². The van der Waals surface area contributed by atoms with E-state index in [4.69, 9.17) is 0 Å². The predicted molar refractivity (Wildman–Crippen MR) is 75.0 cm³/mol. The van der Waals surface area contributed by atoms with Gasteiger partial charge in [-0.1, -0.05) is 25.1 Å². The van der Waals surface area contributed by atoms with Crippen LogP contribution in [0.4, 0.5) is 0 Å².